The number of benzene rings is 2. The summed E-state index contributed by atoms with van der Waals surface area (Å²) in [7, 11) is 0. The summed E-state index contributed by atoms with van der Waals surface area (Å²) in [6.45, 7) is 3.47. The largest absolute Gasteiger partial charge is 0.449 e. The van der Waals surface area contributed by atoms with Gasteiger partial charge in [-0.15, -0.1) is 5.10 Å². The van der Waals surface area contributed by atoms with Crippen molar-refractivity contribution in [2.45, 2.75) is 19.0 Å². The molecule has 1 atom stereocenters. The second-order valence-electron chi connectivity index (χ2n) is 7.45. The topological polar surface area (TPSA) is 94.4 Å². The summed E-state index contributed by atoms with van der Waals surface area (Å²) in [4.78, 5) is 14.3. The number of nitrogens with one attached hydrogen (secondary N) is 1. The lowest BCUT2D eigenvalue weighted by Crippen LogP contribution is -2.40. The molecule has 3 aromatic rings. The molecule has 1 aliphatic rings. The minimum Gasteiger partial charge on any atom is -0.449 e. The van der Waals surface area contributed by atoms with Crippen molar-refractivity contribution >= 4 is 35.0 Å². The van der Waals surface area contributed by atoms with E-state index in [4.69, 9.17) is 32.7 Å². The third-order valence-electron chi connectivity index (χ3n) is 5.25. The molecule has 4 rings (SSSR count). The lowest BCUT2D eigenvalue weighted by Gasteiger charge is -2.34. The van der Waals surface area contributed by atoms with Crippen molar-refractivity contribution in [3.8, 4) is 0 Å². The quantitative estimate of drug-likeness (QED) is 0.476. The van der Waals surface area contributed by atoms with E-state index >= 15 is 0 Å². The summed E-state index contributed by atoms with van der Waals surface area (Å²) in [5.41, 5.74) is 1.55. The fraction of sp³-hybridized carbons (Fsp3) is 0.364. The summed E-state index contributed by atoms with van der Waals surface area (Å²) in [5, 5.41) is 16.3. The van der Waals surface area contributed by atoms with E-state index in [1.807, 2.05) is 24.3 Å². The van der Waals surface area contributed by atoms with Gasteiger partial charge in [0.05, 0.1) is 25.9 Å². The Morgan fingerprint density at radius 1 is 1.12 bits per heavy atom. The number of carbonyl (C=O) groups excluding carboxylic acids is 1. The van der Waals surface area contributed by atoms with Gasteiger partial charge >= 0.3 is 6.09 Å². The fourth-order valence-corrected chi connectivity index (χ4v) is 4.03. The number of hydrogen-bond donors (Lipinski definition) is 1. The number of nitrogens with zero attached hydrogens (tertiary/aromatic N) is 5. The lowest BCUT2D eigenvalue weighted by molar-refractivity contribution is 0.0215. The maximum atomic E-state index is 12.0. The summed E-state index contributed by atoms with van der Waals surface area (Å²) in [5.74, 6) is 0.690. The molecule has 0 aliphatic carbocycles. The highest BCUT2D eigenvalue weighted by molar-refractivity contribution is 6.31. The Labute approximate surface area is 201 Å². The zero-order valence-electron chi connectivity index (χ0n) is 17.9. The predicted octanol–water partition coefficient (Wildman–Crippen LogP) is 4.04. The number of aromatic nitrogens is 4. The van der Waals surface area contributed by atoms with Crippen LogP contribution in [0.1, 0.15) is 23.9 Å². The second kappa shape index (κ2) is 11.4. The van der Waals surface area contributed by atoms with Crippen LogP contribution in [0.15, 0.2) is 48.5 Å². The Morgan fingerprint density at radius 2 is 1.88 bits per heavy atom. The van der Waals surface area contributed by atoms with Crippen LogP contribution in [0.2, 0.25) is 10.0 Å². The lowest BCUT2D eigenvalue weighted by atomic mass is 10.0. The maximum absolute atomic E-state index is 12.0. The van der Waals surface area contributed by atoms with E-state index in [9.17, 15) is 4.79 Å². The number of rotatable bonds is 8. The summed E-state index contributed by atoms with van der Waals surface area (Å²) < 4.78 is 12.5. The molecule has 174 valence electrons. The number of amides is 1. The first-order valence-electron chi connectivity index (χ1n) is 10.6. The van der Waals surface area contributed by atoms with Crippen LogP contribution in [-0.2, 0) is 16.0 Å². The zero-order valence-corrected chi connectivity index (χ0v) is 19.4. The summed E-state index contributed by atoms with van der Waals surface area (Å²) >= 11 is 12.4. The average molecular weight is 491 g/mol. The number of halogens is 2. The Morgan fingerprint density at radius 3 is 2.64 bits per heavy atom. The number of tetrazole rings is 1. The van der Waals surface area contributed by atoms with Crippen LogP contribution in [0.4, 0.5) is 10.5 Å². The molecule has 0 bridgehead atoms. The monoisotopic (exact) mass is 490 g/mol. The Kier molecular flexibility index (Phi) is 8.11. The molecule has 1 aliphatic heterocycles. The molecule has 9 nitrogen and oxygen atoms in total. The first kappa shape index (κ1) is 23.4. The molecule has 1 saturated heterocycles. The highest BCUT2D eigenvalue weighted by Crippen LogP contribution is 2.32. The van der Waals surface area contributed by atoms with Gasteiger partial charge in [0.15, 0.2) is 5.82 Å². The molecule has 2 aromatic carbocycles. The van der Waals surface area contributed by atoms with Gasteiger partial charge in [-0.05, 0) is 46.3 Å². The van der Waals surface area contributed by atoms with E-state index in [1.165, 1.54) is 0 Å². The Hall–Kier alpha value is -2.72. The molecular formula is C22H24Cl2N6O3. The van der Waals surface area contributed by atoms with Crippen molar-refractivity contribution in [2.75, 3.05) is 38.2 Å². The zero-order chi connectivity index (χ0) is 23.0. The van der Waals surface area contributed by atoms with Crippen LogP contribution in [0, 0.1) is 0 Å². The van der Waals surface area contributed by atoms with E-state index in [1.54, 1.807) is 28.9 Å². The van der Waals surface area contributed by atoms with Gasteiger partial charge in [-0.3, -0.25) is 10.2 Å². The van der Waals surface area contributed by atoms with Gasteiger partial charge in [-0.2, -0.15) is 0 Å². The molecule has 1 fully saturated rings. The Bertz CT molecular complexity index is 1060. The van der Waals surface area contributed by atoms with Crippen LogP contribution < -0.4 is 5.32 Å². The number of hydrogen-bond acceptors (Lipinski definition) is 7. The summed E-state index contributed by atoms with van der Waals surface area (Å²) in [6.07, 6.45) is 0.0151. The molecule has 1 amide bonds. The van der Waals surface area contributed by atoms with Crippen LogP contribution >= 0.6 is 23.2 Å². The maximum Gasteiger partial charge on any atom is 0.411 e. The number of anilines is 1. The van der Waals surface area contributed by atoms with E-state index in [0.29, 0.717) is 47.7 Å². The van der Waals surface area contributed by atoms with Crippen molar-refractivity contribution in [3.05, 3.63) is 70.0 Å². The van der Waals surface area contributed by atoms with E-state index < -0.39 is 6.09 Å². The summed E-state index contributed by atoms with van der Waals surface area (Å²) in [6, 6.07) is 14.3. The van der Waals surface area contributed by atoms with Gasteiger partial charge in [-0.25, -0.2) is 9.48 Å². The fourth-order valence-electron chi connectivity index (χ4n) is 3.66. The van der Waals surface area contributed by atoms with Crippen molar-refractivity contribution in [2.24, 2.45) is 0 Å². The van der Waals surface area contributed by atoms with Crippen LogP contribution in [-0.4, -0.2) is 64.1 Å². The first-order valence-corrected chi connectivity index (χ1v) is 11.4. The average Bonchev–Trinajstić information content (AvgIpc) is 3.28. The molecular weight excluding hydrogens is 467 g/mol. The third-order valence-corrected chi connectivity index (χ3v) is 5.85. The van der Waals surface area contributed by atoms with E-state index in [0.717, 1.165) is 18.7 Å². The van der Waals surface area contributed by atoms with Gasteiger partial charge in [0.25, 0.3) is 0 Å². The number of aryl methyl sites for hydroxylation is 1. The third kappa shape index (κ3) is 6.20. The van der Waals surface area contributed by atoms with Crippen molar-refractivity contribution in [3.63, 3.8) is 0 Å². The highest BCUT2D eigenvalue weighted by atomic mass is 35.5. The van der Waals surface area contributed by atoms with E-state index in [2.05, 4.69) is 25.7 Å². The van der Waals surface area contributed by atoms with Gasteiger partial charge in [0, 0.05) is 41.8 Å². The van der Waals surface area contributed by atoms with E-state index in [-0.39, 0.29) is 12.6 Å². The van der Waals surface area contributed by atoms with Gasteiger partial charge in [0.2, 0.25) is 0 Å². The van der Waals surface area contributed by atoms with Crippen LogP contribution in [0.3, 0.4) is 0 Å². The van der Waals surface area contributed by atoms with Crippen LogP contribution in [0.25, 0.3) is 0 Å². The van der Waals surface area contributed by atoms with Crippen molar-refractivity contribution < 1.29 is 14.3 Å². The first-order chi connectivity index (χ1) is 16.1. The predicted molar refractivity (Wildman–Crippen MR) is 125 cm³/mol. The van der Waals surface area contributed by atoms with Gasteiger partial charge < -0.3 is 9.47 Å². The van der Waals surface area contributed by atoms with Crippen molar-refractivity contribution in [1.29, 1.82) is 0 Å². The second-order valence-corrected chi connectivity index (χ2v) is 8.30. The van der Waals surface area contributed by atoms with Crippen molar-refractivity contribution in [1.82, 2.24) is 25.1 Å². The minimum absolute atomic E-state index is 0.202. The molecule has 1 aromatic heterocycles. The Balaban J connectivity index is 1.38. The van der Waals surface area contributed by atoms with Crippen LogP contribution in [0.5, 0.6) is 0 Å². The molecule has 33 heavy (non-hydrogen) atoms. The molecule has 1 N–H and O–H groups in total. The molecule has 0 radical (unpaired) electrons. The van der Waals surface area contributed by atoms with Gasteiger partial charge in [-0.1, -0.05) is 41.4 Å². The molecule has 0 spiro atoms. The SMILES string of the molecule is O=C(Nc1ccc(Cl)cc1)OCCCn1nnnc1C(c1ccccc1Cl)N1CCOCC1. The molecule has 11 heteroatoms. The number of ether oxygens (including phenoxy) is 2. The molecule has 0 saturated carbocycles. The normalized spacial score (nSPS) is 15.2. The minimum atomic E-state index is -0.531. The number of carbonyl (C=O) groups is 1. The highest BCUT2D eigenvalue weighted by Gasteiger charge is 2.30. The molecule has 1 unspecified atom stereocenters. The smallest absolute Gasteiger partial charge is 0.411 e. The standard InChI is InChI=1S/C22H24Cl2N6O3/c23-16-6-8-17(9-7-16)25-22(31)33-13-3-10-30-21(26-27-28-30)20(29-11-14-32-15-12-29)18-4-1-2-5-19(18)24/h1-2,4-9,20H,3,10-15H2,(H,25,31). The number of morpholine rings is 1. The van der Waals surface area contributed by atoms with Gasteiger partial charge in [0.1, 0.15) is 0 Å². The molecule has 2 heterocycles.